The smallest absolute Gasteiger partial charge is 0.343 e. The maximum atomic E-state index is 14.1. The molecule has 0 bridgehead atoms. The standard InChI is InChI=1S/C34H46O11/c1-12-9-20-33(7,34(8,41)30(40)45-20)25-21(13(2)35)24-22-16(11-19(42-14(3)36)32(24,6)23(12)25)31(5)17(26(38)27(22)39)10-18-28(44-18)29(31)43-15(4)37/h9,12,16-19,21-29,38-39,41H,10-11H2,1-8H3/t12-,16?,17?,18+,19+,21-,22?,23?,24?,25?,26+,27-,28+,29+,31-,32-,33+,34-/m1/s1. The van der Waals surface area contributed by atoms with Crippen LogP contribution in [-0.2, 0) is 38.1 Å². The quantitative estimate of drug-likeness (QED) is 0.237. The molecule has 0 aromatic carbocycles. The Hall–Kier alpha value is -2.34. The van der Waals surface area contributed by atoms with Crippen molar-refractivity contribution < 1.29 is 53.4 Å². The fraction of sp³-hybridized carbons (Fsp3) is 0.824. The Morgan fingerprint density at radius 2 is 1.53 bits per heavy atom. The van der Waals surface area contributed by atoms with Gasteiger partial charge in [0.25, 0.3) is 0 Å². The van der Waals surface area contributed by atoms with Crippen molar-refractivity contribution >= 4 is 23.7 Å². The third-order valence-electron chi connectivity index (χ3n) is 14.3. The number of hydrogen-bond acceptors (Lipinski definition) is 11. The highest BCUT2D eigenvalue weighted by molar-refractivity contribution is 5.87. The summed E-state index contributed by atoms with van der Waals surface area (Å²) in [4.78, 5) is 52.5. The van der Waals surface area contributed by atoms with Crippen LogP contribution in [0.4, 0.5) is 0 Å². The number of epoxide rings is 1. The number of allylic oxidation sites excluding steroid dienone is 1. The molecule has 2 aliphatic heterocycles. The van der Waals surface area contributed by atoms with E-state index in [0.29, 0.717) is 18.6 Å². The predicted octanol–water partition coefficient (Wildman–Crippen LogP) is 1.94. The summed E-state index contributed by atoms with van der Waals surface area (Å²) in [5.41, 5.74) is -5.01. The van der Waals surface area contributed by atoms with Crippen molar-refractivity contribution in [3.8, 4) is 0 Å². The van der Waals surface area contributed by atoms with Gasteiger partial charge < -0.3 is 34.3 Å². The molecule has 11 heteroatoms. The average molecular weight is 631 g/mol. The molecule has 3 N–H and O–H groups in total. The Kier molecular flexibility index (Phi) is 6.52. The number of fused-ring (bicyclic) bond motifs is 10. The topological polar surface area (TPSA) is 169 Å². The molecule has 0 radical (unpaired) electrons. The second-order valence-corrected chi connectivity index (χ2v) is 16.0. The molecule has 2 saturated heterocycles. The summed E-state index contributed by atoms with van der Waals surface area (Å²) in [5, 5.41) is 35.9. The molecule has 2 heterocycles. The van der Waals surface area contributed by atoms with E-state index in [2.05, 4.69) is 0 Å². The van der Waals surface area contributed by atoms with Crippen molar-refractivity contribution in [3.63, 3.8) is 0 Å². The van der Waals surface area contributed by atoms with Gasteiger partial charge in [0.2, 0.25) is 0 Å². The third kappa shape index (κ3) is 3.61. The monoisotopic (exact) mass is 630 g/mol. The van der Waals surface area contributed by atoms with Crippen LogP contribution in [0.1, 0.15) is 68.2 Å². The first-order valence-electron chi connectivity index (χ1n) is 16.4. The maximum absolute atomic E-state index is 14.1. The zero-order valence-corrected chi connectivity index (χ0v) is 27.2. The van der Waals surface area contributed by atoms with Gasteiger partial charge in [-0.3, -0.25) is 14.4 Å². The van der Waals surface area contributed by atoms with E-state index >= 15 is 0 Å². The summed E-state index contributed by atoms with van der Waals surface area (Å²) in [6.45, 7) is 13.4. The second-order valence-electron chi connectivity index (χ2n) is 16.0. The minimum absolute atomic E-state index is 0.175. The lowest BCUT2D eigenvalue weighted by molar-refractivity contribution is -0.263. The number of hydrogen-bond donors (Lipinski definition) is 3. The van der Waals surface area contributed by atoms with Gasteiger partial charge in [-0.15, -0.1) is 0 Å². The fourth-order valence-corrected chi connectivity index (χ4v) is 12.3. The molecule has 7 aliphatic rings. The van der Waals surface area contributed by atoms with E-state index in [1.54, 1.807) is 6.92 Å². The summed E-state index contributed by atoms with van der Waals surface area (Å²) in [6, 6.07) is 0. The molecule has 18 atom stereocenters. The van der Waals surface area contributed by atoms with Crippen LogP contribution >= 0.6 is 0 Å². The molecule has 0 aromatic heterocycles. The average Bonchev–Trinajstić information content (AvgIpc) is 3.60. The first kappa shape index (κ1) is 31.3. The molecule has 45 heavy (non-hydrogen) atoms. The molecule has 0 amide bonds. The van der Waals surface area contributed by atoms with Crippen molar-refractivity contribution in [2.45, 2.75) is 110 Å². The van der Waals surface area contributed by atoms with Crippen LogP contribution in [0.3, 0.4) is 0 Å². The van der Waals surface area contributed by atoms with Crippen LogP contribution in [0.2, 0.25) is 0 Å². The number of ketones is 1. The van der Waals surface area contributed by atoms with Gasteiger partial charge in [-0.05, 0) is 81.1 Å². The van der Waals surface area contributed by atoms with E-state index in [-0.39, 0.29) is 29.8 Å². The number of aliphatic hydroxyl groups excluding tert-OH is 2. The largest absolute Gasteiger partial charge is 0.462 e. The molecule has 4 saturated carbocycles. The summed E-state index contributed by atoms with van der Waals surface area (Å²) in [7, 11) is 0. The number of esters is 3. The van der Waals surface area contributed by atoms with Gasteiger partial charge in [0.05, 0.1) is 23.7 Å². The maximum Gasteiger partial charge on any atom is 0.343 e. The lowest BCUT2D eigenvalue weighted by atomic mass is 9.41. The van der Waals surface area contributed by atoms with E-state index in [9.17, 15) is 34.5 Å². The van der Waals surface area contributed by atoms with E-state index in [1.807, 2.05) is 26.8 Å². The lowest BCUT2D eigenvalue weighted by Gasteiger charge is -2.65. The van der Waals surface area contributed by atoms with E-state index < -0.39 is 99.7 Å². The number of rotatable bonds is 3. The lowest BCUT2D eigenvalue weighted by Crippen LogP contribution is -2.70. The highest BCUT2D eigenvalue weighted by Crippen LogP contribution is 2.77. The summed E-state index contributed by atoms with van der Waals surface area (Å²) in [6.07, 6.45) is -1.75. The highest BCUT2D eigenvalue weighted by Gasteiger charge is 2.81. The zero-order chi connectivity index (χ0) is 32.9. The Balaban J connectivity index is 1.46. The van der Waals surface area contributed by atoms with Crippen LogP contribution in [0, 0.1) is 63.6 Å². The van der Waals surface area contributed by atoms with Gasteiger partial charge in [0.1, 0.15) is 29.9 Å². The van der Waals surface area contributed by atoms with E-state index in [4.69, 9.17) is 18.9 Å². The van der Waals surface area contributed by atoms with Crippen LogP contribution in [-0.4, -0.2) is 81.2 Å². The molecule has 5 aliphatic carbocycles. The van der Waals surface area contributed by atoms with E-state index in [1.165, 1.54) is 27.7 Å². The number of aliphatic hydroxyl groups is 3. The highest BCUT2D eigenvalue weighted by atomic mass is 16.6. The van der Waals surface area contributed by atoms with Gasteiger partial charge >= 0.3 is 17.9 Å². The van der Waals surface area contributed by atoms with Crippen molar-refractivity contribution in [2.24, 2.45) is 63.6 Å². The normalized spacial score (nSPS) is 57.0. The molecular formula is C34H46O11. The predicted molar refractivity (Wildman–Crippen MR) is 154 cm³/mol. The van der Waals surface area contributed by atoms with Crippen LogP contribution in [0.25, 0.3) is 0 Å². The van der Waals surface area contributed by atoms with Gasteiger partial charge in [0.15, 0.2) is 5.60 Å². The fourth-order valence-electron chi connectivity index (χ4n) is 12.3. The van der Waals surface area contributed by atoms with Crippen LogP contribution in [0.5, 0.6) is 0 Å². The van der Waals surface area contributed by atoms with Gasteiger partial charge in [0, 0.05) is 30.6 Å². The van der Waals surface area contributed by atoms with Gasteiger partial charge in [-0.25, -0.2) is 4.79 Å². The van der Waals surface area contributed by atoms with Gasteiger partial charge in [-0.2, -0.15) is 0 Å². The van der Waals surface area contributed by atoms with Crippen molar-refractivity contribution in [1.29, 1.82) is 0 Å². The Morgan fingerprint density at radius 1 is 0.889 bits per heavy atom. The summed E-state index contributed by atoms with van der Waals surface area (Å²) in [5.74, 6) is -5.79. The molecule has 11 nitrogen and oxygen atoms in total. The molecular weight excluding hydrogens is 584 g/mol. The van der Waals surface area contributed by atoms with Crippen molar-refractivity contribution in [1.82, 2.24) is 0 Å². The van der Waals surface area contributed by atoms with Crippen LogP contribution < -0.4 is 0 Å². The molecule has 7 rings (SSSR count). The Morgan fingerprint density at radius 3 is 2.13 bits per heavy atom. The first-order chi connectivity index (χ1) is 20.8. The second kappa shape index (κ2) is 9.39. The third-order valence-corrected chi connectivity index (χ3v) is 14.3. The van der Waals surface area contributed by atoms with E-state index in [0.717, 1.165) is 0 Å². The molecule has 248 valence electrons. The minimum atomic E-state index is -1.94. The Bertz CT molecular complexity index is 1400. The SMILES string of the molecule is CC(=O)O[C@H]1CC2C(C3[C@@H](C(C)=O)C4C([C@H](C)C=C5OC(=O)[C@@](C)(O)[C@@]54C)[C@]31C)[C@@H](O)[C@@H](O)C1C[C@@H]3O[C@@H]3[C@H](OC(C)=O)[C@]21C. The Labute approximate surface area is 263 Å². The number of carbonyl (C=O) groups excluding carboxylic acids is 4. The molecule has 6 fully saturated rings. The minimum Gasteiger partial charge on any atom is -0.462 e. The summed E-state index contributed by atoms with van der Waals surface area (Å²) >= 11 is 0. The summed E-state index contributed by atoms with van der Waals surface area (Å²) < 4.78 is 23.9. The van der Waals surface area contributed by atoms with Crippen molar-refractivity contribution in [3.05, 3.63) is 11.8 Å². The van der Waals surface area contributed by atoms with Crippen molar-refractivity contribution in [2.75, 3.05) is 0 Å². The molecule has 6 unspecified atom stereocenters. The molecule has 0 aromatic rings. The molecule has 0 spiro atoms. The zero-order valence-electron chi connectivity index (χ0n) is 27.2. The van der Waals surface area contributed by atoms with Crippen LogP contribution in [0.15, 0.2) is 11.8 Å². The number of ether oxygens (including phenoxy) is 4. The first-order valence-corrected chi connectivity index (χ1v) is 16.4. The van der Waals surface area contributed by atoms with Gasteiger partial charge in [-0.1, -0.05) is 20.8 Å². The number of Topliss-reactive ketones (excluding diaryl/α,β-unsaturated/α-hetero) is 1. The number of carbonyl (C=O) groups is 4.